The van der Waals surface area contributed by atoms with E-state index in [0.29, 0.717) is 16.3 Å². The molecule has 0 aromatic heterocycles. The Morgan fingerprint density at radius 3 is 2.29 bits per heavy atom. The molecule has 0 saturated heterocycles. The third kappa shape index (κ3) is 7.49. The van der Waals surface area contributed by atoms with Gasteiger partial charge < -0.3 is 26.0 Å². The summed E-state index contributed by atoms with van der Waals surface area (Å²) in [7, 11) is 0. The molecule has 9 heteroatoms. The number of rotatable bonds is 10. The van der Waals surface area contributed by atoms with Gasteiger partial charge in [-0.1, -0.05) is 29.8 Å². The van der Waals surface area contributed by atoms with E-state index in [4.69, 9.17) is 22.1 Å². The number of carbonyl (C=O) groups is 3. The van der Waals surface area contributed by atoms with Crippen molar-refractivity contribution in [3.05, 3.63) is 59.1 Å². The lowest BCUT2D eigenvalue weighted by Gasteiger charge is -2.21. The average molecular weight is 447 g/mol. The SMILES string of the molecule is CCN(CC)c1ccc(NC(=O)COC(=O)CC(NC(N)=O)c2ccccc2Cl)cc1. The number of ether oxygens (including phenoxy) is 1. The maximum absolute atomic E-state index is 12.2. The summed E-state index contributed by atoms with van der Waals surface area (Å²) in [5.41, 5.74) is 7.38. The second-order valence-electron chi connectivity index (χ2n) is 6.71. The Labute approximate surface area is 186 Å². The smallest absolute Gasteiger partial charge is 0.312 e. The van der Waals surface area contributed by atoms with Crippen LogP contribution in [0.5, 0.6) is 0 Å². The molecule has 0 aliphatic rings. The molecule has 2 rings (SSSR count). The maximum Gasteiger partial charge on any atom is 0.312 e. The number of urea groups is 1. The highest BCUT2D eigenvalue weighted by atomic mass is 35.5. The molecule has 166 valence electrons. The van der Waals surface area contributed by atoms with Gasteiger partial charge in [-0.05, 0) is 49.7 Å². The Bertz CT molecular complexity index is 901. The minimum atomic E-state index is -0.802. The summed E-state index contributed by atoms with van der Waals surface area (Å²) in [6.07, 6.45) is -0.224. The van der Waals surface area contributed by atoms with Crippen LogP contribution in [0.1, 0.15) is 31.9 Å². The van der Waals surface area contributed by atoms with Gasteiger partial charge in [-0.25, -0.2) is 4.79 Å². The molecule has 3 amide bonds. The third-order valence-electron chi connectivity index (χ3n) is 4.61. The van der Waals surface area contributed by atoms with Crippen molar-refractivity contribution in [3.63, 3.8) is 0 Å². The molecule has 0 aliphatic carbocycles. The van der Waals surface area contributed by atoms with Crippen LogP contribution in [0.25, 0.3) is 0 Å². The standard InChI is InChI=1S/C22H27ClN4O4/c1-3-27(4-2)16-11-9-15(10-12-16)25-20(28)14-31-21(29)13-19(26-22(24)30)17-7-5-6-8-18(17)23/h5-12,19H,3-4,13-14H2,1-2H3,(H,25,28)(H3,24,26,30). The van der Waals surface area contributed by atoms with E-state index in [1.54, 1.807) is 36.4 Å². The Kier molecular flexibility index (Phi) is 9.14. The summed E-state index contributed by atoms with van der Waals surface area (Å²) in [5, 5.41) is 5.52. The number of nitrogens with zero attached hydrogens (tertiary/aromatic N) is 1. The van der Waals surface area contributed by atoms with Crippen molar-refractivity contribution in [3.8, 4) is 0 Å². The first-order valence-corrected chi connectivity index (χ1v) is 10.3. The number of halogens is 1. The van der Waals surface area contributed by atoms with Crippen LogP contribution in [0.15, 0.2) is 48.5 Å². The number of benzene rings is 2. The fourth-order valence-electron chi connectivity index (χ4n) is 3.08. The molecule has 2 aromatic carbocycles. The lowest BCUT2D eigenvalue weighted by atomic mass is 10.0. The van der Waals surface area contributed by atoms with Crippen LogP contribution in [-0.4, -0.2) is 37.6 Å². The van der Waals surface area contributed by atoms with Crippen LogP contribution in [0, 0.1) is 0 Å². The van der Waals surface area contributed by atoms with Gasteiger partial charge in [0.1, 0.15) is 0 Å². The van der Waals surface area contributed by atoms with Gasteiger partial charge in [0.05, 0.1) is 12.5 Å². The molecule has 4 N–H and O–H groups in total. The van der Waals surface area contributed by atoms with Crippen molar-refractivity contribution in [2.45, 2.75) is 26.3 Å². The molecule has 0 heterocycles. The molecule has 0 spiro atoms. The van der Waals surface area contributed by atoms with Gasteiger partial charge in [0, 0.05) is 29.5 Å². The van der Waals surface area contributed by atoms with Crippen molar-refractivity contribution >= 4 is 40.9 Å². The minimum Gasteiger partial charge on any atom is -0.455 e. The number of hydrogen-bond acceptors (Lipinski definition) is 5. The van der Waals surface area contributed by atoms with Gasteiger partial charge in [-0.3, -0.25) is 9.59 Å². The Balaban J connectivity index is 1.89. The molecule has 0 saturated carbocycles. The first-order valence-electron chi connectivity index (χ1n) is 9.94. The summed E-state index contributed by atoms with van der Waals surface area (Å²) >= 11 is 6.14. The number of nitrogens with one attached hydrogen (secondary N) is 2. The third-order valence-corrected chi connectivity index (χ3v) is 4.96. The Hall–Kier alpha value is -3.26. The van der Waals surface area contributed by atoms with Gasteiger partial charge in [0.15, 0.2) is 6.61 Å². The summed E-state index contributed by atoms with van der Waals surface area (Å²) in [6, 6.07) is 12.6. The van der Waals surface area contributed by atoms with E-state index in [1.165, 1.54) is 0 Å². The minimum absolute atomic E-state index is 0.224. The molecule has 1 unspecified atom stereocenters. The topological polar surface area (TPSA) is 114 Å². The Morgan fingerprint density at radius 1 is 1.06 bits per heavy atom. The molecule has 0 fully saturated rings. The molecule has 8 nitrogen and oxygen atoms in total. The van der Waals surface area contributed by atoms with Crippen LogP contribution in [0.4, 0.5) is 16.2 Å². The molecule has 31 heavy (non-hydrogen) atoms. The van der Waals surface area contributed by atoms with E-state index < -0.39 is 30.6 Å². The highest BCUT2D eigenvalue weighted by Gasteiger charge is 2.21. The number of amides is 3. The molecule has 0 radical (unpaired) electrons. The second kappa shape index (κ2) is 11.8. The Morgan fingerprint density at radius 2 is 1.71 bits per heavy atom. The number of anilines is 2. The van der Waals surface area contributed by atoms with Crippen molar-refractivity contribution in [2.75, 3.05) is 29.9 Å². The van der Waals surface area contributed by atoms with Crippen LogP contribution < -0.4 is 21.3 Å². The van der Waals surface area contributed by atoms with E-state index in [1.807, 2.05) is 12.1 Å². The van der Waals surface area contributed by atoms with Crippen LogP contribution in [0.3, 0.4) is 0 Å². The zero-order valence-corrected chi connectivity index (χ0v) is 18.3. The predicted octanol–water partition coefficient (Wildman–Crippen LogP) is 3.47. The largest absolute Gasteiger partial charge is 0.455 e. The van der Waals surface area contributed by atoms with E-state index in [0.717, 1.165) is 18.8 Å². The molecular weight excluding hydrogens is 420 g/mol. The lowest BCUT2D eigenvalue weighted by Crippen LogP contribution is -2.35. The van der Waals surface area contributed by atoms with Crippen molar-refractivity contribution in [1.29, 1.82) is 0 Å². The van der Waals surface area contributed by atoms with E-state index in [9.17, 15) is 14.4 Å². The van der Waals surface area contributed by atoms with Gasteiger partial charge in [-0.15, -0.1) is 0 Å². The molecule has 0 aliphatic heterocycles. The van der Waals surface area contributed by atoms with Crippen molar-refractivity contribution in [2.24, 2.45) is 5.73 Å². The summed E-state index contributed by atoms with van der Waals surface area (Å²) in [5.74, 6) is -1.15. The quantitative estimate of drug-likeness (QED) is 0.483. The lowest BCUT2D eigenvalue weighted by molar-refractivity contribution is -0.147. The van der Waals surface area contributed by atoms with Crippen molar-refractivity contribution < 1.29 is 19.1 Å². The van der Waals surface area contributed by atoms with E-state index in [2.05, 4.69) is 29.4 Å². The second-order valence-corrected chi connectivity index (χ2v) is 7.12. The first kappa shape index (κ1) is 24.0. The molecule has 1 atom stereocenters. The van der Waals surface area contributed by atoms with E-state index >= 15 is 0 Å². The maximum atomic E-state index is 12.2. The number of nitrogens with two attached hydrogens (primary N) is 1. The molecular formula is C22H27ClN4O4. The fourth-order valence-corrected chi connectivity index (χ4v) is 3.35. The van der Waals surface area contributed by atoms with Gasteiger partial charge >= 0.3 is 12.0 Å². The monoisotopic (exact) mass is 446 g/mol. The van der Waals surface area contributed by atoms with Crippen LogP contribution in [-0.2, 0) is 14.3 Å². The fraction of sp³-hybridized carbons (Fsp3) is 0.318. The van der Waals surface area contributed by atoms with E-state index in [-0.39, 0.29) is 6.42 Å². The number of hydrogen-bond donors (Lipinski definition) is 3. The van der Waals surface area contributed by atoms with Gasteiger partial charge in [0.25, 0.3) is 5.91 Å². The highest BCUT2D eigenvalue weighted by Crippen LogP contribution is 2.25. The zero-order chi connectivity index (χ0) is 22.8. The molecule has 2 aromatic rings. The normalized spacial score (nSPS) is 11.3. The van der Waals surface area contributed by atoms with Crippen molar-refractivity contribution in [1.82, 2.24) is 5.32 Å². The average Bonchev–Trinajstić information content (AvgIpc) is 2.74. The first-order chi connectivity index (χ1) is 14.8. The van der Waals surface area contributed by atoms with Crippen LogP contribution in [0.2, 0.25) is 5.02 Å². The molecule has 0 bridgehead atoms. The zero-order valence-electron chi connectivity index (χ0n) is 17.6. The summed E-state index contributed by atoms with van der Waals surface area (Å²) in [4.78, 5) is 37.8. The number of primary amides is 1. The number of esters is 1. The predicted molar refractivity (Wildman–Crippen MR) is 121 cm³/mol. The van der Waals surface area contributed by atoms with Gasteiger partial charge in [0.2, 0.25) is 0 Å². The summed E-state index contributed by atoms with van der Waals surface area (Å²) < 4.78 is 5.05. The van der Waals surface area contributed by atoms with Crippen LogP contribution >= 0.6 is 11.6 Å². The highest BCUT2D eigenvalue weighted by molar-refractivity contribution is 6.31. The van der Waals surface area contributed by atoms with Gasteiger partial charge in [-0.2, -0.15) is 0 Å². The number of carbonyl (C=O) groups excluding carboxylic acids is 3. The summed E-state index contributed by atoms with van der Waals surface area (Å²) in [6.45, 7) is 5.46.